The molecule has 38 heavy (non-hydrogen) atoms. The summed E-state index contributed by atoms with van der Waals surface area (Å²) in [6.07, 6.45) is -2.97. The Morgan fingerprint density at radius 1 is 1.13 bits per heavy atom. The number of benzene rings is 2. The first-order chi connectivity index (χ1) is 18.0. The van der Waals surface area contributed by atoms with Crippen molar-refractivity contribution < 1.29 is 22.4 Å². The quantitative estimate of drug-likeness (QED) is 0.285. The Morgan fingerprint density at radius 2 is 1.89 bits per heavy atom. The zero-order valence-corrected chi connectivity index (χ0v) is 20.8. The molecule has 3 aliphatic heterocycles. The maximum absolute atomic E-state index is 14.9. The third-order valence-electron chi connectivity index (χ3n) is 6.09. The third kappa shape index (κ3) is 4.74. The van der Waals surface area contributed by atoms with Gasteiger partial charge in [0.05, 0.1) is 22.0 Å². The molecule has 13 heteroatoms. The van der Waals surface area contributed by atoms with Gasteiger partial charge in [0.25, 0.3) is 0 Å². The zero-order chi connectivity index (χ0) is 27.2. The van der Waals surface area contributed by atoms with Crippen LogP contribution in [0, 0.1) is 12.7 Å². The predicted molar refractivity (Wildman–Crippen MR) is 136 cm³/mol. The Balaban J connectivity index is 1.51. The normalized spacial score (nSPS) is 13.4. The summed E-state index contributed by atoms with van der Waals surface area (Å²) in [5, 5.41) is 7.86. The van der Waals surface area contributed by atoms with Gasteiger partial charge in [-0.25, -0.2) is 14.2 Å². The number of anilines is 3. The molecule has 0 bridgehead atoms. The molecule has 196 valence electrons. The molecule has 0 spiro atoms. The highest BCUT2D eigenvalue weighted by Gasteiger charge is 2.31. The molecule has 0 aliphatic carbocycles. The first-order valence-electron chi connectivity index (χ1n) is 11.4. The van der Waals surface area contributed by atoms with E-state index >= 15 is 0 Å². The van der Waals surface area contributed by atoms with Crippen molar-refractivity contribution in [3.63, 3.8) is 0 Å². The number of pyridine rings is 1. The maximum Gasteiger partial charge on any atom is 0.416 e. The van der Waals surface area contributed by atoms with Crippen molar-refractivity contribution in [2.75, 3.05) is 29.5 Å². The number of aryl methyl sites for hydroxylation is 1. The lowest BCUT2D eigenvalue weighted by Crippen LogP contribution is -2.21. The second-order valence-corrected chi connectivity index (χ2v) is 8.98. The smallest absolute Gasteiger partial charge is 0.369 e. The summed E-state index contributed by atoms with van der Waals surface area (Å²) in [5.41, 5.74) is 1.64. The van der Waals surface area contributed by atoms with Gasteiger partial charge in [-0.2, -0.15) is 18.2 Å². The molecule has 5 rings (SSSR count). The summed E-state index contributed by atoms with van der Waals surface area (Å²) in [4.78, 5) is 25.4. The van der Waals surface area contributed by atoms with E-state index in [9.17, 15) is 22.4 Å². The molecule has 0 radical (unpaired) electrons. The number of nitrogens with one attached hydrogen (secondary N) is 3. The Bertz CT molecular complexity index is 1620. The van der Waals surface area contributed by atoms with Crippen LogP contribution in [0.3, 0.4) is 0 Å². The van der Waals surface area contributed by atoms with Gasteiger partial charge >= 0.3 is 12.2 Å². The van der Waals surface area contributed by atoms with Crippen LogP contribution in [0.25, 0.3) is 22.5 Å². The van der Waals surface area contributed by atoms with Crippen molar-refractivity contribution in [3.05, 3.63) is 70.2 Å². The van der Waals surface area contributed by atoms with Gasteiger partial charge in [-0.05, 0) is 54.4 Å². The topological polar surface area (TPSA) is 96.2 Å². The highest BCUT2D eigenvalue weighted by Crippen LogP contribution is 2.39. The fourth-order valence-electron chi connectivity index (χ4n) is 4.31. The van der Waals surface area contributed by atoms with Crippen molar-refractivity contribution in [3.8, 4) is 22.5 Å². The van der Waals surface area contributed by atoms with E-state index in [1.54, 1.807) is 20.2 Å². The molecule has 0 saturated carbocycles. The van der Waals surface area contributed by atoms with Crippen molar-refractivity contribution in [2.24, 2.45) is 4.99 Å². The van der Waals surface area contributed by atoms with Crippen LogP contribution >= 0.6 is 11.6 Å². The number of amides is 2. The van der Waals surface area contributed by atoms with E-state index in [-0.39, 0.29) is 16.4 Å². The number of rotatable bonds is 3. The van der Waals surface area contributed by atoms with Crippen molar-refractivity contribution >= 4 is 34.8 Å². The molecular formula is C25H20ClF4N7O. The Hall–Kier alpha value is -4.19. The lowest BCUT2D eigenvalue weighted by Gasteiger charge is -2.19. The van der Waals surface area contributed by atoms with Gasteiger partial charge < -0.3 is 20.5 Å². The summed E-state index contributed by atoms with van der Waals surface area (Å²) in [6.45, 7) is 3.03. The minimum Gasteiger partial charge on any atom is -0.369 e. The Kier molecular flexibility index (Phi) is 6.43. The van der Waals surface area contributed by atoms with E-state index < -0.39 is 23.6 Å². The van der Waals surface area contributed by atoms with E-state index in [1.807, 2.05) is 10.6 Å². The number of alkyl halides is 3. The molecule has 0 aromatic heterocycles. The van der Waals surface area contributed by atoms with Gasteiger partial charge in [-0.3, -0.25) is 4.99 Å². The van der Waals surface area contributed by atoms with Crippen LogP contribution in [0.4, 0.5) is 39.5 Å². The number of urea groups is 1. The summed E-state index contributed by atoms with van der Waals surface area (Å²) >= 11 is 5.96. The van der Waals surface area contributed by atoms with Crippen LogP contribution in [0.1, 0.15) is 11.1 Å². The third-order valence-corrected chi connectivity index (χ3v) is 6.42. The standard InChI is InChI=1S/C25H20ClF4N7O/c1-12-7-18(27)20(35-24(38)34-19-9-14(25(28,29)30)3-4-17(19)26)10-15(12)16-8-13-11-33-23(31-2)36-21(13)37-6-5-32-22(16)37/h3-4,7-11,32H,5-6H2,1-2H3,(H2,34,35,38). The number of nitrogens with zero attached hydrogens (tertiary/aromatic N) is 4. The number of carbonyl (C=O) groups is 1. The van der Waals surface area contributed by atoms with E-state index in [1.165, 1.54) is 12.1 Å². The minimum absolute atomic E-state index is 0.103. The fourth-order valence-corrected chi connectivity index (χ4v) is 4.47. The highest BCUT2D eigenvalue weighted by molar-refractivity contribution is 6.33. The van der Waals surface area contributed by atoms with Crippen molar-refractivity contribution in [1.29, 1.82) is 0 Å². The molecule has 3 N–H and O–H groups in total. The summed E-state index contributed by atoms with van der Waals surface area (Å²) in [6, 6.07) is 6.18. The molecule has 8 nitrogen and oxygen atoms in total. The summed E-state index contributed by atoms with van der Waals surface area (Å²) in [5.74, 6) is 0.742. The average molecular weight is 546 g/mol. The minimum atomic E-state index is -4.63. The monoisotopic (exact) mass is 545 g/mol. The SMILES string of the molecule is CN=c1ncc2cc(-c3cc(NC(=O)Nc4cc(C(F)(F)F)ccc4Cl)c(F)cc3C)c3n(c-2n1)CCN3. The number of carbonyl (C=O) groups excluding carboxylic acids is 1. The first kappa shape index (κ1) is 25.5. The van der Waals surface area contributed by atoms with Crippen LogP contribution < -0.4 is 21.6 Å². The van der Waals surface area contributed by atoms with E-state index in [2.05, 4.69) is 30.9 Å². The summed E-state index contributed by atoms with van der Waals surface area (Å²) < 4.78 is 56.1. The van der Waals surface area contributed by atoms with Crippen molar-refractivity contribution in [2.45, 2.75) is 19.6 Å². The Morgan fingerprint density at radius 3 is 2.63 bits per heavy atom. The van der Waals surface area contributed by atoms with Crippen molar-refractivity contribution in [1.82, 2.24) is 14.5 Å². The van der Waals surface area contributed by atoms with Gasteiger partial charge in [0, 0.05) is 37.5 Å². The lowest BCUT2D eigenvalue weighted by atomic mass is 9.98. The number of aromatic nitrogens is 3. The predicted octanol–water partition coefficient (Wildman–Crippen LogP) is 5.77. The Labute approximate surface area is 218 Å². The van der Waals surface area contributed by atoms with E-state index in [0.29, 0.717) is 41.7 Å². The number of halogens is 5. The molecule has 3 aliphatic rings. The largest absolute Gasteiger partial charge is 0.416 e. The molecule has 0 saturated heterocycles. The van der Waals surface area contributed by atoms with Gasteiger partial charge in [0.2, 0.25) is 5.62 Å². The number of fused-ring (bicyclic) bond motifs is 3. The molecule has 0 atom stereocenters. The van der Waals surface area contributed by atoms with Gasteiger partial charge in [0.1, 0.15) is 17.5 Å². The molecule has 2 aromatic carbocycles. The molecular weight excluding hydrogens is 526 g/mol. The molecule has 2 amide bonds. The van der Waals surface area contributed by atoms with Crippen LogP contribution in [0.2, 0.25) is 5.02 Å². The van der Waals surface area contributed by atoms with Crippen LogP contribution in [-0.4, -0.2) is 34.2 Å². The zero-order valence-electron chi connectivity index (χ0n) is 20.0. The van der Waals surface area contributed by atoms with Gasteiger partial charge in [-0.15, -0.1) is 0 Å². The van der Waals surface area contributed by atoms with Crippen LogP contribution in [0.15, 0.2) is 47.6 Å². The van der Waals surface area contributed by atoms with Crippen LogP contribution in [-0.2, 0) is 12.7 Å². The first-order valence-corrected chi connectivity index (χ1v) is 11.8. The highest BCUT2D eigenvalue weighted by atomic mass is 35.5. The second kappa shape index (κ2) is 9.60. The van der Waals surface area contributed by atoms with E-state index in [4.69, 9.17) is 11.6 Å². The number of hydrogen-bond donors (Lipinski definition) is 3. The molecule has 2 aromatic rings. The van der Waals surface area contributed by atoms with Crippen LogP contribution in [0.5, 0.6) is 0 Å². The molecule has 0 unspecified atom stereocenters. The molecule has 3 heterocycles. The van der Waals surface area contributed by atoms with Gasteiger partial charge in [0.15, 0.2) is 0 Å². The second-order valence-electron chi connectivity index (χ2n) is 8.58. The maximum atomic E-state index is 14.9. The fraction of sp³-hybridized carbons (Fsp3) is 0.200. The van der Waals surface area contributed by atoms with Gasteiger partial charge in [-0.1, -0.05) is 11.6 Å². The average Bonchev–Trinajstić information content (AvgIpc) is 3.36. The number of hydrogen-bond acceptors (Lipinski definition) is 5. The lowest BCUT2D eigenvalue weighted by molar-refractivity contribution is -0.137. The summed E-state index contributed by atoms with van der Waals surface area (Å²) in [7, 11) is 1.60. The molecule has 0 fully saturated rings. The van der Waals surface area contributed by atoms with E-state index in [0.717, 1.165) is 29.1 Å².